The highest BCUT2D eigenvalue weighted by atomic mass is 19.2. The first kappa shape index (κ1) is 12.7. The third-order valence-electron chi connectivity index (χ3n) is 3.15. The molecule has 1 N–H and O–H groups in total. The molecular formula is C15H12F2N2O. The number of imidazole rings is 1. The smallest absolute Gasteiger partial charge is 0.186 e. The largest absolute Gasteiger partial charge is 0.369 e. The maximum Gasteiger partial charge on any atom is 0.186 e. The SMILES string of the molecule is COC(c1ccccc1)c1nc2c(F)c(F)ccc2[nH]1. The molecule has 0 saturated carbocycles. The molecule has 0 saturated heterocycles. The zero-order valence-corrected chi connectivity index (χ0v) is 10.7. The van der Waals surface area contributed by atoms with Crippen molar-refractivity contribution in [3.8, 4) is 0 Å². The van der Waals surface area contributed by atoms with Gasteiger partial charge in [0.1, 0.15) is 17.4 Å². The van der Waals surface area contributed by atoms with Crippen LogP contribution in [0.3, 0.4) is 0 Å². The van der Waals surface area contributed by atoms with E-state index in [1.54, 1.807) is 7.11 Å². The summed E-state index contributed by atoms with van der Waals surface area (Å²) >= 11 is 0. The lowest BCUT2D eigenvalue weighted by Crippen LogP contribution is -2.05. The summed E-state index contributed by atoms with van der Waals surface area (Å²) < 4.78 is 32.3. The highest BCUT2D eigenvalue weighted by Crippen LogP contribution is 2.26. The predicted molar refractivity (Wildman–Crippen MR) is 71.3 cm³/mol. The Morgan fingerprint density at radius 1 is 1.10 bits per heavy atom. The van der Waals surface area contributed by atoms with Crippen molar-refractivity contribution in [1.29, 1.82) is 0 Å². The van der Waals surface area contributed by atoms with Crippen molar-refractivity contribution in [2.75, 3.05) is 7.11 Å². The van der Waals surface area contributed by atoms with Crippen molar-refractivity contribution in [2.24, 2.45) is 0 Å². The van der Waals surface area contributed by atoms with Crippen molar-refractivity contribution in [2.45, 2.75) is 6.10 Å². The monoisotopic (exact) mass is 274 g/mol. The van der Waals surface area contributed by atoms with Gasteiger partial charge in [0.05, 0.1) is 5.52 Å². The number of methoxy groups -OCH3 is 1. The van der Waals surface area contributed by atoms with E-state index in [2.05, 4.69) is 9.97 Å². The summed E-state index contributed by atoms with van der Waals surface area (Å²) in [6.07, 6.45) is -0.453. The summed E-state index contributed by atoms with van der Waals surface area (Å²) in [5.41, 5.74) is 1.31. The fourth-order valence-electron chi connectivity index (χ4n) is 2.19. The number of aromatic nitrogens is 2. The first-order chi connectivity index (χ1) is 9.70. The lowest BCUT2D eigenvalue weighted by Gasteiger charge is -2.12. The van der Waals surface area contributed by atoms with Crippen LogP contribution in [-0.2, 0) is 4.74 Å². The average Bonchev–Trinajstić information content (AvgIpc) is 2.90. The molecule has 5 heteroatoms. The molecule has 0 aliphatic heterocycles. The number of benzene rings is 2. The summed E-state index contributed by atoms with van der Waals surface area (Å²) in [5, 5.41) is 0. The Morgan fingerprint density at radius 2 is 1.85 bits per heavy atom. The van der Waals surface area contributed by atoms with E-state index in [9.17, 15) is 8.78 Å². The molecule has 0 radical (unpaired) electrons. The minimum Gasteiger partial charge on any atom is -0.369 e. The molecular weight excluding hydrogens is 262 g/mol. The molecule has 3 aromatic rings. The van der Waals surface area contributed by atoms with Crippen LogP contribution < -0.4 is 0 Å². The number of ether oxygens (including phenoxy) is 1. The van der Waals surface area contributed by atoms with Crippen molar-refractivity contribution >= 4 is 11.0 Å². The second-order valence-corrected chi connectivity index (χ2v) is 4.41. The van der Waals surface area contributed by atoms with E-state index in [-0.39, 0.29) is 5.52 Å². The zero-order chi connectivity index (χ0) is 14.1. The quantitative estimate of drug-likeness (QED) is 0.792. The lowest BCUT2D eigenvalue weighted by molar-refractivity contribution is 0.130. The van der Waals surface area contributed by atoms with Gasteiger partial charge in [-0.1, -0.05) is 30.3 Å². The number of halogens is 2. The van der Waals surface area contributed by atoms with Crippen molar-refractivity contribution in [1.82, 2.24) is 9.97 Å². The van der Waals surface area contributed by atoms with Crippen LogP contribution in [0.25, 0.3) is 11.0 Å². The van der Waals surface area contributed by atoms with Gasteiger partial charge in [-0.25, -0.2) is 13.8 Å². The fraction of sp³-hybridized carbons (Fsp3) is 0.133. The Kier molecular flexibility index (Phi) is 3.20. The Bertz CT molecular complexity index is 740. The molecule has 102 valence electrons. The topological polar surface area (TPSA) is 37.9 Å². The zero-order valence-electron chi connectivity index (χ0n) is 10.7. The second-order valence-electron chi connectivity index (χ2n) is 4.41. The number of nitrogens with one attached hydrogen (secondary N) is 1. The first-order valence-corrected chi connectivity index (χ1v) is 6.12. The number of nitrogens with zero attached hydrogens (tertiary/aromatic N) is 1. The Hall–Kier alpha value is -2.27. The number of aromatic amines is 1. The first-order valence-electron chi connectivity index (χ1n) is 6.12. The highest BCUT2D eigenvalue weighted by Gasteiger charge is 2.19. The highest BCUT2D eigenvalue weighted by molar-refractivity contribution is 5.76. The van der Waals surface area contributed by atoms with Crippen LogP contribution in [0.1, 0.15) is 17.5 Å². The van der Waals surface area contributed by atoms with Crippen LogP contribution in [0.4, 0.5) is 8.78 Å². The third kappa shape index (κ3) is 2.06. The van der Waals surface area contributed by atoms with Gasteiger partial charge in [-0.05, 0) is 17.7 Å². The lowest BCUT2D eigenvalue weighted by atomic mass is 10.1. The molecule has 0 aliphatic carbocycles. The molecule has 0 aliphatic rings. The molecule has 1 heterocycles. The van der Waals surface area contributed by atoms with E-state index < -0.39 is 17.7 Å². The number of hydrogen-bond donors (Lipinski definition) is 1. The van der Waals surface area contributed by atoms with Crippen LogP contribution in [0, 0.1) is 11.6 Å². The molecule has 0 fully saturated rings. The van der Waals surface area contributed by atoms with E-state index >= 15 is 0 Å². The van der Waals surface area contributed by atoms with Gasteiger partial charge >= 0.3 is 0 Å². The molecule has 1 unspecified atom stereocenters. The number of fused-ring (bicyclic) bond motifs is 1. The Labute approximate surface area is 114 Å². The second kappa shape index (κ2) is 5.02. The minimum absolute atomic E-state index is 0.0158. The summed E-state index contributed by atoms with van der Waals surface area (Å²) in [4.78, 5) is 7.10. The number of H-pyrrole nitrogens is 1. The Morgan fingerprint density at radius 3 is 2.55 bits per heavy atom. The van der Waals surface area contributed by atoms with E-state index in [0.717, 1.165) is 11.6 Å². The van der Waals surface area contributed by atoms with Crippen LogP contribution >= 0.6 is 0 Å². The molecule has 20 heavy (non-hydrogen) atoms. The minimum atomic E-state index is -0.951. The van der Waals surface area contributed by atoms with E-state index in [4.69, 9.17) is 4.74 Å². The molecule has 2 aromatic carbocycles. The van der Waals surface area contributed by atoms with Crippen LogP contribution in [-0.4, -0.2) is 17.1 Å². The average molecular weight is 274 g/mol. The molecule has 3 rings (SSSR count). The van der Waals surface area contributed by atoms with Crippen LogP contribution in [0.15, 0.2) is 42.5 Å². The summed E-state index contributed by atoms with van der Waals surface area (Å²) in [6.45, 7) is 0. The van der Waals surface area contributed by atoms with Crippen LogP contribution in [0.2, 0.25) is 0 Å². The van der Waals surface area contributed by atoms with Gasteiger partial charge in [-0.3, -0.25) is 0 Å². The Balaban J connectivity index is 2.11. The maximum atomic E-state index is 13.7. The predicted octanol–water partition coefficient (Wildman–Crippen LogP) is 3.58. The van der Waals surface area contributed by atoms with Crippen molar-refractivity contribution in [3.63, 3.8) is 0 Å². The van der Waals surface area contributed by atoms with Gasteiger partial charge in [-0.2, -0.15) is 0 Å². The van der Waals surface area contributed by atoms with E-state index in [0.29, 0.717) is 11.3 Å². The van der Waals surface area contributed by atoms with Gasteiger partial charge in [0.15, 0.2) is 11.6 Å². The van der Waals surface area contributed by atoms with Gasteiger partial charge in [0.2, 0.25) is 0 Å². The van der Waals surface area contributed by atoms with Gasteiger partial charge in [0, 0.05) is 7.11 Å². The van der Waals surface area contributed by atoms with Crippen molar-refractivity contribution < 1.29 is 13.5 Å². The molecule has 0 amide bonds. The fourth-order valence-corrected chi connectivity index (χ4v) is 2.19. The molecule has 1 aromatic heterocycles. The standard InChI is InChI=1S/C15H12F2N2O/c1-20-14(9-5-3-2-4-6-9)15-18-11-8-7-10(16)12(17)13(11)19-15/h2-8,14H,1H3,(H,18,19). The third-order valence-corrected chi connectivity index (χ3v) is 3.15. The summed E-state index contributed by atoms with van der Waals surface area (Å²) in [5.74, 6) is -1.42. The normalized spacial score (nSPS) is 12.8. The molecule has 3 nitrogen and oxygen atoms in total. The summed E-state index contributed by atoms with van der Waals surface area (Å²) in [6, 6.07) is 12.0. The molecule has 0 bridgehead atoms. The maximum absolute atomic E-state index is 13.7. The molecule has 1 atom stereocenters. The number of rotatable bonds is 3. The van der Waals surface area contributed by atoms with Crippen molar-refractivity contribution in [3.05, 3.63) is 65.5 Å². The van der Waals surface area contributed by atoms with E-state index in [1.807, 2.05) is 30.3 Å². The number of hydrogen-bond acceptors (Lipinski definition) is 2. The molecule has 0 spiro atoms. The summed E-state index contributed by atoms with van der Waals surface area (Å²) in [7, 11) is 1.54. The van der Waals surface area contributed by atoms with E-state index in [1.165, 1.54) is 6.07 Å². The van der Waals surface area contributed by atoms with Gasteiger partial charge in [-0.15, -0.1) is 0 Å². The van der Waals surface area contributed by atoms with Gasteiger partial charge < -0.3 is 9.72 Å². The van der Waals surface area contributed by atoms with Gasteiger partial charge in [0.25, 0.3) is 0 Å². The van der Waals surface area contributed by atoms with Crippen LogP contribution in [0.5, 0.6) is 0 Å².